The van der Waals surface area contributed by atoms with Crippen molar-refractivity contribution >= 4 is 23.5 Å². The Morgan fingerprint density at radius 2 is 1.73 bits per heavy atom. The van der Waals surface area contributed by atoms with Crippen LogP contribution in [0.1, 0.15) is 13.3 Å². The molecule has 1 rings (SSSR count). The first-order valence-electron chi connectivity index (χ1n) is 5.77. The quantitative estimate of drug-likeness (QED) is 0.465. The van der Waals surface area contributed by atoms with Crippen molar-refractivity contribution in [3.05, 3.63) is 0 Å². The number of ether oxygens (including phenoxy) is 2. The Kier molecular flexibility index (Phi) is 5.55. The van der Waals surface area contributed by atoms with E-state index in [0.29, 0.717) is 0 Å². The first kappa shape index (κ1) is 18.8. The van der Waals surface area contributed by atoms with E-state index in [1.54, 1.807) is 0 Å². The molecule has 4 atom stereocenters. The van der Waals surface area contributed by atoms with E-state index >= 15 is 0 Å². The second-order valence-corrected chi connectivity index (χ2v) is 4.92. The van der Waals surface area contributed by atoms with Crippen molar-refractivity contribution in [3.8, 4) is 0 Å². The number of amides is 1. The van der Waals surface area contributed by atoms with Crippen molar-refractivity contribution in [3.63, 3.8) is 0 Å². The lowest BCUT2D eigenvalue weighted by molar-refractivity contribution is -0.217. The van der Waals surface area contributed by atoms with E-state index < -0.39 is 54.5 Å². The molecule has 1 N–H and O–H groups in total. The summed E-state index contributed by atoms with van der Waals surface area (Å²) >= 11 is 5.58. The SMILES string of the molecule is C[C@H]1O[C@H](Cl)C[C@H](NC(=O)C(F)(F)F)[C@H]1OC(=O)C(F)(F)F. The number of halogens is 7. The fraction of sp³-hybridized carbons (Fsp3) is 0.800. The van der Waals surface area contributed by atoms with E-state index in [9.17, 15) is 35.9 Å². The zero-order valence-electron chi connectivity index (χ0n) is 10.8. The normalized spacial score (nSPS) is 29.8. The van der Waals surface area contributed by atoms with Crippen LogP contribution in [-0.4, -0.2) is 48.0 Å². The minimum absolute atomic E-state index is 0.469. The molecule has 0 radical (unpaired) electrons. The second kappa shape index (κ2) is 6.49. The van der Waals surface area contributed by atoms with Gasteiger partial charge >= 0.3 is 24.2 Å². The Morgan fingerprint density at radius 1 is 1.18 bits per heavy atom. The van der Waals surface area contributed by atoms with Crippen LogP contribution >= 0.6 is 11.6 Å². The zero-order valence-corrected chi connectivity index (χ0v) is 11.6. The predicted molar refractivity (Wildman–Crippen MR) is 58.7 cm³/mol. The molecule has 0 aromatic rings. The molecule has 22 heavy (non-hydrogen) atoms. The van der Waals surface area contributed by atoms with Crippen LogP contribution in [-0.2, 0) is 19.1 Å². The van der Waals surface area contributed by atoms with Gasteiger partial charge in [0.1, 0.15) is 11.7 Å². The van der Waals surface area contributed by atoms with Crippen LogP contribution in [0.5, 0.6) is 0 Å². The number of hydrogen-bond acceptors (Lipinski definition) is 4. The second-order valence-electron chi connectivity index (χ2n) is 4.43. The largest absolute Gasteiger partial charge is 0.490 e. The minimum atomic E-state index is -5.34. The number of esters is 1. The number of carbonyl (C=O) groups excluding carboxylic acids is 2. The average molecular weight is 358 g/mol. The molecule has 12 heteroatoms. The van der Waals surface area contributed by atoms with E-state index in [0.717, 1.165) is 6.92 Å². The van der Waals surface area contributed by atoms with Gasteiger partial charge in [-0.2, -0.15) is 26.3 Å². The molecule has 1 heterocycles. The zero-order chi connectivity index (χ0) is 17.3. The summed E-state index contributed by atoms with van der Waals surface area (Å²) in [5, 5.41) is 1.45. The maximum absolute atomic E-state index is 12.2. The Morgan fingerprint density at radius 3 is 2.18 bits per heavy atom. The van der Waals surface area contributed by atoms with Crippen LogP contribution in [0.4, 0.5) is 26.3 Å². The summed E-state index contributed by atoms with van der Waals surface area (Å²) < 4.78 is 82.2. The highest BCUT2D eigenvalue weighted by molar-refractivity contribution is 6.19. The lowest BCUT2D eigenvalue weighted by atomic mass is 10.00. The van der Waals surface area contributed by atoms with Gasteiger partial charge in [0.15, 0.2) is 0 Å². The molecule has 0 bridgehead atoms. The molecule has 5 nitrogen and oxygen atoms in total. The van der Waals surface area contributed by atoms with Gasteiger partial charge < -0.3 is 14.8 Å². The van der Waals surface area contributed by atoms with Gasteiger partial charge in [0.25, 0.3) is 0 Å². The van der Waals surface area contributed by atoms with Crippen LogP contribution in [0, 0.1) is 0 Å². The Labute approximate surface area is 124 Å². The average Bonchev–Trinajstić information content (AvgIpc) is 2.30. The van der Waals surface area contributed by atoms with Crippen molar-refractivity contribution in [2.45, 2.75) is 49.5 Å². The number of rotatable bonds is 2. The van der Waals surface area contributed by atoms with Crippen LogP contribution in [0.25, 0.3) is 0 Å². The van der Waals surface area contributed by atoms with Gasteiger partial charge in [-0.3, -0.25) is 4.79 Å². The lowest BCUT2D eigenvalue weighted by Gasteiger charge is -2.38. The van der Waals surface area contributed by atoms with Crippen LogP contribution in [0.2, 0.25) is 0 Å². The van der Waals surface area contributed by atoms with Gasteiger partial charge in [0.05, 0.1) is 12.1 Å². The maximum Gasteiger partial charge on any atom is 0.490 e. The summed E-state index contributed by atoms with van der Waals surface area (Å²) in [4.78, 5) is 21.7. The summed E-state index contributed by atoms with van der Waals surface area (Å²) in [7, 11) is 0. The topological polar surface area (TPSA) is 64.6 Å². The summed E-state index contributed by atoms with van der Waals surface area (Å²) in [5.74, 6) is -4.99. The maximum atomic E-state index is 12.2. The lowest BCUT2D eigenvalue weighted by Crippen LogP contribution is -2.58. The molecule has 0 aromatic carbocycles. The van der Waals surface area contributed by atoms with Gasteiger partial charge in [-0.05, 0) is 6.92 Å². The predicted octanol–water partition coefficient (Wildman–Crippen LogP) is 1.88. The number of alkyl halides is 7. The molecule has 0 aliphatic carbocycles. The molecule has 0 unspecified atom stereocenters. The molecule has 1 fully saturated rings. The van der Waals surface area contributed by atoms with Gasteiger partial charge in [-0.1, -0.05) is 11.6 Å². The number of hydrogen-bond donors (Lipinski definition) is 1. The van der Waals surface area contributed by atoms with E-state index in [-0.39, 0.29) is 0 Å². The molecule has 0 saturated carbocycles. The molecule has 0 aromatic heterocycles. The molecule has 0 spiro atoms. The van der Waals surface area contributed by atoms with Gasteiger partial charge in [0, 0.05) is 6.42 Å². The third kappa shape index (κ3) is 4.90. The summed E-state index contributed by atoms with van der Waals surface area (Å²) in [6.45, 7) is 1.15. The standard InChI is InChI=1S/C10H10ClF6NO4/c1-3-6(22-8(20)10(15,16)17)4(2-5(11)21-3)18-7(19)9(12,13)14/h3-6H,2H2,1H3,(H,18,19)/t3-,4+,5+,6+/m1/s1. The fourth-order valence-corrected chi connectivity index (χ4v) is 2.14. The monoisotopic (exact) mass is 357 g/mol. The van der Waals surface area contributed by atoms with Crippen molar-refractivity contribution in [2.75, 3.05) is 0 Å². The highest BCUT2D eigenvalue weighted by Crippen LogP contribution is 2.28. The van der Waals surface area contributed by atoms with Gasteiger partial charge in [-0.15, -0.1) is 0 Å². The summed E-state index contributed by atoms with van der Waals surface area (Å²) in [6, 6.07) is -1.58. The van der Waals surface area contributed by atoms with Crippen LogP contribution < -0.4 is 5.32 Å². The smallest absolute Gasteiger partial charge is 0.451 e. The van der Waals surface area contributed by atoms with E-state index in [1.165, 1.54) is 5.32 Å². The van der Waals surface area contributed by atoms with E-state index in [1.807, 2.05) is 0 Å². The highest BCUT2D eigenvalue weighted by atomic mass is 35.5. The van der Waals surface area contributed by atoms with Crippen LogP contribution in [0.15, 0.2) is 0 Å². The summed E-state index contributed by atoms with van der Waals surface area (Å²) in [5.41, 5.74) is -1.16. The van der Waals surface area contributed by atoms with Crippen molar-refractivity contribution in [2.24, 2.45) is 0 Å². The van der Waals surface area contributed by atoms with Crippen LogP contribution in [0.3, 0.4) is 0 Å². The molecular weight excluding hydrogens is 348 g/mol. The third-order valence-corrected chi connectivity index (χ3v) is 2.99. The Balaban J connectivity index is 2.88. The molecule has 128 valence electrons. The molecule has 1 saturated heterocycles. The van der Waals surface area contributed by atoms with Crippen molar-refractivity contribution in [1.29, 1.82) is 0 Å². The minimum Gasteiger partial charge on any atom is -0.451 e. The third-order valence-electron chi connectivity index (χ3n) is 2.71. The first-order valence-corrected chi connectivity index (χ1v) is 6.21. The van der Waals surface area contributed by atoms with E-state index in [4.69, 9.17) is 16.3 Å². The van der Waals surface area contributed by atoms with Gasteiger partial charge in [-0.25, -0.2) is 4.79 Å². The molecular formula is C10H10ClF6NO4. The molecule has 1 aliphatic heterocycles. The summed E-state index contributed by atoms with van der Waals surface area (Å²) in [6.07, 6.45) is -14.1. The number of nitrogens with one attached hydrogen (secondary N) is 1. The Hall–Kier alpha value is -1.23. The van der Waals surface area contributed by atoms with Gasteiger partial charge in [0.2, 0.25) is 0 Å². The molecule has 1 aliphatic rings. The fourth-order valence-electron chi connectivity index (χ4n) is 1.79. The first-order chi connectivity index (χ1) is 9.82. The van der Waals surface area contributed by atoms with E-state index in [2.05, 4.69) is 4.74 Å². The molecule has 1 amide bonds. The highest BCUT2D eigenvalue weighted by Gasteiger charge is 2.48. The van der Waals surface area contributed by atoms with Crippen molar-refractivity contribution < 1.29 is 45.4 Å². The Bertz CT molecular complexity index is 440. The number of carbonyl (C=O) groups is 2. The van der Waals surface area contributed by atoms with Crippen molar-refractivity contribution in [1.82, 2.24) is 5.32 Å².